The first-order valence-corrected chi connectivity index (χ1v) is 12.0. The summed E-state index contributed by atoms with van der Waals surface area (Å²) in [6.45, 7) is 4.14. The van der Waals surface area contributed by atoms with E-state index in [1.54, 1.807) is 18.2 Å². The lowest BCUT2D eigenvalue weighted by molar-refractivity contribution is -0.115. The first kappa shape index (κ1) is 22.4. The lowest BCUT2D eigenvalue weighted by Crippen LogP contribution is -2.23. The number of benzene rings is 2. The van der Waals surface area contributed by atoms with Crippen molar-refractivity contribution in [1.29, 1.82) is 0 Å². The van der Waals surface area contributed by atoms with Crippen molar-refractivity contribution in [3.63, 3.8) is 0 Å². The van der Waals surface area contributed by atoms with Crippen LogP contribution in [0.3, 0.4) is 0 Å². The van der Waals surface area contributed by atoms with Crippen LogP contribution in [0, 0.1) is 5.82 Å². The molecule has 0 saturated carbocycles. The van der Waals surface area contributed by atoms with Gasteiger partial charge in [0.05, 0.1) is 11.4 Å². The van der Waals surface area contributed by atoms with Crippen LogP contribution in [0.25, 0.3) is 11.4 Å². The SMILES string of the molecule is CCn1c(SCc2csc(N(C(C)=O)c3ccccc3F)n2)nnc1-c1ccc(Cl)cc1. The smallest absolute Gasteiger partial charge is 0.230 e. The number of thiazole rings is 1. The number of para-hydroxylation sites is 1. The topological polar surface area (TPSA) is 63.9 Å². The van der Waals surface area contributed by atoms with Crippen molar-refractivity contribution in [2.45, 2.75) is 31.3 Å². The monoisotopic (exact) mass is 487 g/mol. The Kier molecular flexibility index (Phi) is 6.88. The Bertz CT molecular complexity index is 1240. The molecule has 0 spiro atoms. The minimum Gasteiger partial charge on any atom is -0.302 e. The average molecular weight is 488 g/mol. The zero-order valence-corrected chi connectivity index (χ0v) is 19.7. The van der Waals surface area contributed by atoms with E-state index in [4.69, 9.17) is 11.6 Å². The number of rotatable bonds is 7. The van der Waals surface area contributed by atoms with E-state index in [2.05, 4.69) is 15.2 Å². The van der Waals surface area contributed by atoms with Gasteiger partial charge in [0.15, 0.2) is 16.1 Å². The molecule has 1 amide bonds. The molecule has 10 heteroatoms. The van der Waals surface area contributed by atoms with Gasteiger partial charge >= 0.3 is 0 Å². The standard InChI is InChI=1S/C22H19ClFN5OS2/c1-3-28-20(15-8-10-16(23)11-9-15)26-27-22(28)32-13-17-12-31-21(25-17)29(14(2)30)19-7-5-4-6-18(19)24/h4-12H,3,13H2,1-2H3. The highest BCUT2D eigenvalue weighted by molar-refractivity contribution is 7.98. The number of carbonyl (C=O) groups is 1. The van der Waals surface area contributed by atoms with Gasteiger partial charge in [0.1, 0.15) is 5.82 Å². The van der Waals surface area contributed by atoms with Crippen molar-refractivity contribution in [3.05, 3.63) is 70.4 Å². The summed E-state index contributed by atoms with van der Waals surface area (Å²) in [6.07, 6.45) is 0. The first-order valence-electron chi connectivity index (χ1n) is 9.79. The van der Waals surface area contributed by atoms with E-state index in [0.29, 0.717) is 22.5 Å². The van der Waals surface area contributed by atoms with Crippen LogP contribution < -0.4 is 4.90 Å². The van der Waals surface area contributed by atoms with Crippen molar-refractivity contribution in [2.24, 2.45) is 0 Å². The van der Waals surface area contributed by atoms with E-state index < -0.39 is 5.82 Å². The van der Waals surface area contributed by atoms with Crippen molar-refractivity contribution in [2.75, 3.05) is 4.90 Å². The molecule has 0 aliphatic carbocycles. The second-order valence-corrected chi connectivity index (χ2v) is 8.99. The number of aromatic nitrogens is 4. The minimum atomic E-state index is -0.473. The molecule has 4 rings (SSSR count). The summed E-state index contributed by atoms with van der Waals surface area (Å²) in [5.74, 6) is 0.535. The summed E-state index contributed by atoms with van der Waals surface area (Å²) >= 11 is 8.79. The molecule has 0 saturated heterocycles. The molecule has 0 atom stereocenters. The maximum atomic E-state index is 14.3. The molecule has 0 N–H and O–H groups in total. The number of anilines is 2. The van der Waals surface area contributed by atoms with Crippen molar-refractivity contribution in [1.82, 2.24) is 19.7 Å². The summed E-state index contributed by atoms with van der Waals surface area (Å²) in [5.41, 5.74) is 1.90. The molecular formula is C22H19ClFN5OS2. The van der Waals surface area contributed by atoms with Gasteiger partial charge in [-0.15, -0.1) is 21.5 Å². The van der Waals surface area contributed by atoms with Gasteiger partial charge in [-0.05, 0) is 43.3 Å². The van der Waals surface area contributed by atoms with Crippen LogP contribution >= 0.6 is 34.7 Å². The number of amides is 1. The van der Waals surface area contributed by atoms with Crippen molar-refractivity contribution >= 4 is 51.4 Å². The molecule has 2 aromatic carbocycles. The number of halogens is 2. The Morgan fingerprint density at radius 3 is 2.62 bits per heavy atom. The predicted molar refractivity (Wildman–Crippen MR) is 127 cm³/mol. The zero-order chi connectivity index (χ0) is 22.7. The minimum absolute atomic E-state index is 0.187. The second-order valence-electron chi connectivity index (χ2n) is 6.77. The largest absolute Gasteiger partial charge is 0.302 e. The quantitative estimate of drug-likeness (QED) is 0.291. The summed E-state index contributed by atoms with van der Waals surface area (Å²) in [4.78, 5) is 18.1. The summed E-state index contributed by atoms with van der Waals surface area (Å²) in [5, 5.41) is 12.4. The molecule has 2 aromatic heterocycles. The van der Waals surface area contributed by atoms with E-state index in [1.807, 2.05) is 41.1 Å². The van der Waals surface area contributed by atoms with Crippen LogP contribution in [0.5, 0.6) is 0 Å². The van der Waals surface area contributed by atoms with Crippen LogP contribution in [0.4, 0.5) is 15.2 Å². The normalized spacial score (nSPS) is 11.0. The molecule has 32 heavy (non-hydrogen) atoms. The lowest BCUT2D eigenvalue weighted by Gasteiger charge is -2.18. The van der Waals surface area contributed by atoms with Crippen LogP contribution in [0.15, 0.2) is 59.1 Å². The molecule has 4 aromatic rings. The van der Waals surface area contributed by atoms with E-state index in [0.717, 1.165) is 22.2 Å². The number of carbonyl (C=O) groups excluding carboxylic acids is 1. The number of hydrogen-bond donors (Lipinski definition) is 0. The van der Waals surface area contributed by atoms with Gasteiger partial charge in [0, 0.05) is 35.2 Å². The Morgan fingerprint density at radius 2 is 1.94 bits per heavy atom. The zero-order valence-electron chi connectivity index (χ0n) is 17.3. The molecule has 0 radical (unpaired) electrons. The Morgan fingerprint density at radius 1 is 1.19 bits per heavy atom. The molecular weight excluding hydrogens is 469 g/mol. The number of nitrogens with zero attached hydrogens (tertiary/aromatic N) is 5. The summed E-state index contributed by atoms with van der Waals surface area (Å²) in [6, 6.07) is 13.6. The molecule has 6 nitrogen and oxygen atoms in total. The van der Waals surface area contributed by atoms with Crippen LogP contribution in [-0.2, 0) is 17.1 Å². The van der Waals surface area contributed by atoms with Gasteiger partial charge in [-0.25, -0.2) is 9.37 Å². The molecule has 0 unspecified atom stereocenters. The van der Waals surface area contributed by atoms with Gasteiger partial charge in [-0.3, -0.25) is 9.69 Å². The summed E-state index contributed by atoms with van der Waals surface area (Å²) < 4.78 is 16.3. The molecule has 0 bridgehead atoms. The third-order valence-electron chi connectivity index (χ3n) is 4.62. The number of thioether (sulfide) groups is 1. The highest BCUT2D eigenvalue weighted by Gasteiger charge is 2.21. The summed E-state index contributed by atoms with van der Waals surface area (Å²) in [7, 11) is 0. The maximum Gasteiger partial charge on any atom is 0.230 e. The highest BCUT2D eigenvalue weighted by Crippen LogP contribution is 2.33. The van der Waals surface area contributed by atoms with E-state index >= 15 is 0 Å². The fraction of sp³-hybridized carbons (Fsp3) is 0.182. The van der Waals surface area contributed by atoms with Crippen molar-refractivity contribution in [3.8, 4) is 11.4 Å². The number of hydrogen-bond acceptors (Lipinski definition) is 6. The molecule has 0 aliphatic heterocycles. The van der Waals surface area contributed by atoms with Gasteiger partial charge in [-0.2, -0.15) is 0 Å². The van der Waals surface area contributed by atoms with Crippen LogP contribution in [0.2, 0.25) is 5.02 Å². The first-order chi connectivity index (χ1) is 15.5. The molecule has 2 heterocycles. The van der Waals surface area contributed by atoms with Gasteiger partial charge in [0.2, 0.25) is 5.91 Å². The fourth-order valence-corrected chi connectivity index (χ4v) is 5.14. The van der Waals surface area contributed by atoms with Crippen LogP contribution in [0.1, 0.15) is 19.5 Å². The molecule has 0 fully saturated rings. The van der Waals surface area contributed by atoms with Gasteiger partial charge < -0.3 is 4.57 Å². The molecule has 0 aliphatic rings. The average Bonchev–Trinajstić information content (AvgIpc) is 3.41. The van der Waals surface area contributed by atoms with E-state index in [9.17, 15) is 9.18 Å². The Balaban J connectivity index is 1.53. The highest BCUT2D eigenvalue weighted by atomic mass is 35.5. The fourth-order valence-electron chi connectivity index (χ4n) is 3.14. The predicted octanol–water partition coefficient (Wildman–Crippen LogP) is 6.19. The van der Waals surface area contributed by atoms with E-state index in [1.165, 1.54) is 41.0 Å². The van der Waals surface area contributed by atoms with Gasteiger partial charge in [0.25, 0.3) is 0 Å². The van der Waals surface area contributed by atoms with Crippen molar-refractivity contribution < 1.29 is 9.18 Å². The van der Waals surface area contributed by atoms with Gasteiger partial charge in [-0.1, -0.05) is 35.5 Å². The Hall–Kier alpha value is -2.75. The molecule has 164 valence electrons. The third-order valence-corrected chi connectivity index (χ3v) is 6.75. The maximum absolute atomic E-state index is 14.3. The van der Waals surface area contributed by atoms with Crippen LogP contribution in [-0.4, -0.2) is 25.7 Å². The van der Waals surface area contributed by atoms with E-state index in [-0.39, 0.29) is 11.6 Å². The Labute approximate surface area is 198 Å². The second kappa shape index (κ2) is 9.81. The lowest BCUT2D eigenvalue weighted by atomic mass is 10.2. The third kappa shape index (κ3) is 4.69.